The van der Waals surface area contributed by atoms with E-state index in [4.69, 9.17) is 9.84 Å². The van der Waals surface area contributed by atoms with Gasteiger partial charge in [-0.15, -0.1) is 0 Å². The zero-order valence-corrected chi connectivity index (χ0v) is 16.4. The number of carbonyl (C=O) groups is 1. The summed E-state index contributed by atoms with van der Waals surface area (Å²) in [6.45, 7) is 7.77. The summed E-state index contributed by atoms with van der Waals surface area (Å²) in [7, 11) is 0. The molecule has 0 aliphatic carbocycles. The van der Waals surface area contributed by atoms with Crippen LogP contribution in [0.1, 0.15) is 44.9 Å². The summed E-state index contributed by atoms with van der Waals surface area (Å²) in [5.41, 5.74) is 0.784. The highest BCUT2D eigenvalue weighted by atomic mass is 19.3. The van der Waals surface area contributed by atoms with Gasteiger partial charge in [0.1, 0.15) is 18.1 Å². The van der Waals surface area contributed by atoms with Gasteiger partial charge in [-0.05, 0) is 49.9 Å². The molecule has 8 heteroatoms. The first kappa shape index (κ1) is 21.5. The second-order valence-corrected chi connectivity index (χ2v) is 7.48. The van der Waals surface area contributed by atoms with Gasteiger partial charge in [0.25, 0.3) is 6.43 Å². The summed E-state index contributed by atoms with van der Waals surface area (Å²) >= 11 is 0. The highest BCUT2D eigenvalue weighted by Crippen LogP contribution is 2.27. The predicted octanol–water partition coefficient (Wildman–Crippen LogP) is 4.84. The minimum absolute atomic E-state index is 0.143. The van der Waals surface area contributed by atoms with E-state index in [1.54, 1.807) is 19.1 Å². The maximum Gasteiger partial charge on any atom is 0.405 e. The first-order chi connectivity index (χ1) is 13.1. The van der Waals surface area contributed by atoms with Crippen molar-refractivity contribution >= 4 is 6.09 Å². The maximum atomic E-state index is 12.8. The van der Waals surface area contributed by atoms with Crippen LogP contribution in [0.2, 0.25) is 0 Å². The summed E-state index contributed by atoms with van der Waals surface area (Å²) in [6, 6.07) is 4.67. The molecule has 0 fully saturated rings. The number of rotatable bonds is 8. The van der Waals surface area contributed by atoms with E-state index in [9.17, 15) is 13.6 Å². The van der Waals surface area contributed by atoms with E-state index in [0.29, 0.717) is 23.4 Å². The second-order valence-electron chi connectivity index (χ2n) is 7.48. The molecule has 28 heavy (non-hydrogen) atoms. The van der Waals surface area contributed by atoms with Crippen LogP contribution in [0.4, 0.5) is 13.6 Å². The first-order valence-electron chi connectivity index (χ1n) is 8.94. The van der Waals surface area contributed by atoms with Crippen molar-refractivity contribution in [3.8, 4) is 17.0 Å². The molecule has 1 unspecified atom stereocenters. The van der Waals surface area contributed by atoms with Crippen molar-refractivity contribution in [2.75, 3.05) is 6.61 Å². The molecule has 0 saturated heterocycles. The Bertz CT molecular complexity index is 830. The fraction of sp³-hybridized carbons (Fsp3) is 0.450. The molecule has 152 valence electrons. The van der Waals surface area contributed by atoms with Crippen molar-refractivity contribution in [1.29, 1.82) is 0 Å². The van der Waals surface area contributed by atoms with Gasteiger partial charge in [0, 0.05) is 11.8 Å². The Kier molecular flexibility index (Phi) is 6.88. The molecule has 0 radical (unpaired) electrons. The molecule has 0 saturated carbocycles. The van der Waals surface area contributed by atoms with Crippen molar-refractivity contribution in [1.82, 2.24) is 15.3 Å². The largest absolute Gasteiger partial charge is 0.489 e. The summed E-state index contributed by atoms with van der Waals surface area (Å²) < 4.78 is 31.5. The van der Waals surface area contributed by atoms with Crippen molar-refractivity contribution in [3.05, 3.63) is 41.9 Å². The van der Waals surface area contributed by atoms with Gasteiger partial charge in [0.2, 0.25) is 0 Å². The number of hydrogen-bond donors (Lipinski definition) is 2. The number of aromatic nitrogens is 2. The zero-order chi connectivity index (χ0) is 20.9. The van der Waals surface area contributed by atoms with Crippen molar-refractivity contribution in [2.45, 2.75) is 46.1 Å². The molecule has 1 amide bonds. The lowest BCUT2D eigenvalue weighted by Gasteiger charge is -2.31. The second kappa shape index (κ2) is 8.95. The van der Waals surface area contributed by atoms with Gasteiger partial charge < -0.3 is 15.2 Å². The Balaban J connectivity index is 2.18. The zero-order valence-electron chi connectivity index (χ0n) is 16.4. The quantitative estimate of drug-likeness (QED) is 0.670. The Hall–Kier alpha value is -2.77. The third kappa shape index (κ3) is 5.87. The van der Waals surface area contributed by atoms with Crippen LogP contribution < -0.4 is 10.1 Å². The molecule has 0 bridgehead atoms. The summed E-state index contributed by atoms with van der Waals surface area (Å²) in [4.78, 5) is 19.1. The van der Waals surface area contributed by atoms with E-state index in [2.05, 4.69) is 15.3 Å². The van der Waals surface area contributed by atoms with Crippen LogP contribution in [0, 0.1) is 12.8 Å². The number of ether oxygens (including phenoxy) is 1. The topological polar surface area (TPSA) is 84.3 Å². The Labute approximate surface area is 163 Å². The number of nitrogens with one attached hydrogen (secondary N) is 1. The summed E-state index contributed by atoms with van der Waals surface area (Å²) in [6.07, 6.45) is -0.303. The Morgan fingerprint density at radius 1 is 1.32 bits per heavy atom. The molecular weight excluding hydrogens is 368 g/mol. The van der Waals surface area contributed by atoms with E-state index in [1.165, 1.54) is 18.5 Å². The van der Waals surface area contributed by atoms with Crippen LogP contribution in [0.5, 0.6) is 5.75 Å². The molecular formula is C20H25F2N3O3. The Morgan fingerprint density at radius 2 is 2.04 bits per heavy atom. The summed E-state index contributed by atoms with van der Waals surface area (Å²) in [5, 5.41) is 11.6. The van der Waals surface area contributed by atoms with Crippen molar-refractivity contribution in [2.24, 2.45) is 5.92 Å². The molecule has 1 atom stereocenters. The van der Waals surface area contributed by atoms with Gasteiger partial charge in [-0.1, -0.05) is 13.8 Å². The first-order valence-corrected chi connectivity index (χ1v) is 8.94. The van der Waals surface area contributed by atoms with Gasteiger partial charge in [-0.3, -0.25) is 9.97 Å². The van der Waals surface area contributed by atoms with E-state index >= 15 is 0 Å². The van der Waals surface area contributed by atoms with Gasteiger partial charge >= 0.3 is 6.09 Å². The third-order valence-electron chi connectivity index (χ3n) is 4.18. The van der Waals surface area contributed by atoms with Crippen LogP contribution >= 0.6 is 0 Å². The molecule has 2 N–H and O–H groups in total. The smallest absolute Gasteiger partial charge is 0.405 e. The van der Waals surface area contributed by atoms with Crippen LogP contribution in [0.3, 0.4) is 0 Å². The number of carboxylic acid groups (broad SMARTS) is 1. The molecule has 2 aromatic heterocycles. The molecule has 6 nitrogen and oxygen atoms in total. The molecule has 2 heterocycles. The number of aryl methyl sites for hydroxylation is 1. The molecule has 0 aliphatic rings. The maximum absolute atomic E-state index is 12.8. The number of nitrogens with zero attached hydrogens (tertiary/aromatic N) is 2. The van der Waals surface area contributed by atoms with E-state index in [-0.39, 0.29) is 18.2 Å². The van der Waals surface area contributed by atoms with Crippen molar-refractivity contribution in [3.63, 3.8) is 0 Å². The van der Waals surface area contributed by atoms with E-state index < -0.39 is 18.1 Å². The molecule has 2 aromatic rings. The Morgan fingerprint density at radius 3 is 2.61 bits per heavy atom. The van der Waals surface area contributed by atoms with E-state index in [0.717, 1.165) is 5.56 Å². The lowest BCUT2D eigenvalue weighted by Crippen LogP contribution is -2.50. The number of hydrogen-bond acceptors (Lipinski definition) is 4. The molecule has 0 spiro atoms. The van der Waals surface area contributed by atoms with Gasteiger partial charge in [0.15, 0.2) is 0 Å². The SMILES string of the molecule is Cc1cc(-c2ccnc(C(F)F)c2)ncc1OCC(C)(CC(C)C)NC(=O)O. The summed E-state index contributed by atoms with van der Waals surface area (Å²) in [5.74, 6) is 0.784. The number of amides is 1. The standard InChI is InChI=1S/C20H25F2N3O3/c1-12(2)9-20(4,25-19(26)27)11-28-17-10-24-15(7-13(17)3)14-5-6-23-16(8-14)18(21)22/h5-8,10,12,18,25H,9,11H2,1-4H3,(H,26,27). The predicted molar refractivity (Wildman–Crippen MR) is 102 cm³/mol. The number of pyridine rings is 2. The normalized spacial score (nSPS) is 13.4. The third-order valence-corrected chi connectivity index (χ3v) is 4.18. The average Bonchev–Trinajstić information content (AvgIpc) is 2.59. The van der Waals surface area contributed by atoms with Crippen LogP contribution in [0.15, 0.2) is 30.6 Å². The highest BCUT2D eigenvalue weighted by Gasteiger charge is 2.29. The van der Waals surface area contributed by atoms with Crippen LogP contribution in [-0.4, -0.2) is 33.3 Å². The monoisotopic (exact) mass is 393 g/mol. The van der Waals surface area contributed by atoms with Gasteiger partial charge in [-0.2, -0.15) is 0 Å². The van der Waals surface area contributed by atoms with Crippen LogP contribution in [-0.2, 0) is 0 Å². The lowest BCUT2D eigenvalue weighted by atomic mass is 9.91. The lowest BCUT2D eigenvalue weighted by molar-refractivity contribution is 0.142. The fourth-order valence-corrected chi connectivity index (χ4v) is 3.12. The van der Waals surface area contributed by atoms with Crippen molar-refractivity contribution < 1.29 is 23.4 Å². The number of halogens is 2. The van der Waals surface area contributed by atoms with E-state index in [1.807, 2.05) is 20.8 Å². The van der Waals surface area contributed by atoms with Gasteiger partial charge in [-0.25, -0.2) is 13.6 Å². The minimum atomic E-state index is -2.65. The van der Waals surface area contributed by atoms with Gasteiger partial charge in [0.05, 0.1) is 17.4 Å². The minimum Gasteiger partial charge on any atom is -0.489 e. The fourth-order valence-electron chi connectivity index (χ4n) is 3.12. The molecule has 0 aromatic carbocycles. The number of alkyl halides is 2. The highest BCUT2D eigenvalue weighted by molar-refractivity contribution is 5.65. The average molecular weight is 393 g/mol. The van der Waals surface area contributed by atoms with Crippen LogP contribution in [0.25, 0.3) is 11.3 Å². The molecule has 2 rings (SSSR count). The molecule has 0 aliphatic heterocycles.